The molecule has 2 aliphatic rings. The summed E-state index contributed by atoms with van der Waals surface area (Å²) in [7, 11) is -9.39. The smallest absolute Gasteiger partial charge is 0.294 e. The van der Waals surface area contributed by atoms with Crippen LogP contribution in [0.4, 0.5) is 11.4 Å². The topological polar surface area (TPSA) is 220 Å². The molecule has 11 aromatic rings. The van der Waals surface area contributed by atoms with Gasteiger partial charge in [-0.15, -0.1) is 0 Å². The van der Waals surface area contributed by atoms with Gasteiger partial charge in [0.2, 0.25) is 0 Å². The molecule has 4 amide bonds. The number of amides is 4. The molecule has 0 saturated heterocycles. The van der Waals surface area contributed by atoms with Crippen LogP contribution in [0, 0.1) is 0 Å². The summed E-state index contributed by atoms with van der Waals surface area (Å²) in [5, 5.41) is 1.47. The summed E-state index contributed by atoms with van der Waals surface area (Å²) in [6.07, 6.45) is 0. The van der Waals surface area contributed by atoms with Crippen molar-refractivity contribution in [1.29, 1.82) is 0 Å². The number of benzene rings is 11. The van der Waals surface area contributed by atoms with Crippen molar-refractivity contribution in [3.8, 4) is 46.0 Å². The van der Waals surface area contributed by atoms with Crippen LogP contribution in [0.5, 0.6) is 46.0 Å². The Balaban J connectivity index is 1.26. The average Bonchev–Trinajstić information content (AvgIpc) is 0.673. The zero-order chi connectivity index (χ0) is 63.6. The second-order valence-electron chi connectivity index (χ2n) is 23.7. The number of hydrogen-bond donors (Lipinski definition) is 2. The van der Waals surface area contributed by atoms with Crippen LogP contribution in [0.3, 0.4) is 0 Å². The predicted octanol–water partition coefficient (Wildman–Crippen LogP) is 17.5. The summed E-state index contributed by atoms with van der Waals surface area (Å²) in [5.74, 6) is -2.78. The Morgan fingerprint density at radius 2 is 0.556 bits per heavy atom. The first-order valence-corrected chi connectivity index (χ1v) is 32.1. The van der Waals surface area contributed by atoms with Crippen molar-refractivity contribution in [3.05, 3.63) is 214 Å². The zero-order valence-corrected chi connectivity index (χ0v) is 51.6. The summed E-state index contributed by atoms with van der Waals surface area (Å²) in [5.41, 5.74) is 3.82. The van der Waals surface area contributed by atoms with Crippen LogP contribution in [-0.2, 0) is 20.2 Å². The van der Waals surface area contributed by atoms with Gasteiger partial charge in [-0.25, -0.2) is 9.80 Å². The number of imide groups is 2. The maximum Gasteiger partial charge on any atom is 0.294 e. The minimum atomic E-state index is -4.70. The highest BCUT2D eigenvalue weighted by Crippen LogP contribution is 2.59. The van der Waals surface area contributed by atoms with Gasteiger partial charge in [0.05, 0.1) is 43.4 Å². The highest BCUT2D eigenvalue weighted by molar-refractivity contribution is 7.86. The molecule has 0 aliphatic carbocycles. The first-order chi connectivity index (χ1) is 42.9. The lowest BCUT2D eigenvalue weighted by atomic mass is 9.80. The van der Waals surface area contributed by atoms with E-state index in [1.54, 1.807) is 72.8 Å². The van der Waals surface area contributed by atoms with E-state index in [2.05, 4.69) is 0 Å². The number of carbonyl (C=O) groups is 4. The fourth-order valence-corrected chi connectivity index (χ4v) is 13.6. The second kappa shape index (κ2) is 22.0. The van der Waals surface area contributed by atoms with Crippen molar-refractivity contribution >= 4 is 98.3 Å². The molecule has 0 atom stereocenters. The Hall–Kier alpha value is -9.98. The van der Waals surface area contributed by atoms with E-state index in [0.29, 0.717) is 34.0 Å². The summed E-state index contributed by atoms with van der Waals surface area (Å²) in [6, 6.07) is 45.0. The van der Waals surface area contributed by atoms with E-state index < -0.39 is 53.7 Å². The number of ether oxygens (including phenoxy) is 4. The number of para-hydroxylation sites is 4. The Bertz CT molecular complexity index is 4790. The molecule has 2 heterocycles. The molecule has 11 aromatic carbocycles. The molecule has 0 spiro atoms. The van der Waals surface area contributed by atoms with Crippen molar-refractivity contribution in [3.63, 3.8) is 0 Å². The third-order valence-corrected chi connectivity index (χ3v) is 18.4. The van der Waals surface area contributed by atoms with E-state index in [-0.39, 0.29) is 124 Å². The van der Waals surface area contributed by atoms with Crippen molar-refractivity contribution in [2.75, 3.05) is 9.80 Å². The number of nitrogens with zero attached hydrogens (tertiary/aromatic N) is 2. The summed E-state index contributed by atoms with van der Waals surface area (Å²) in [4.78, 5) is 66.3. The van der Waals surface area contributed by atoms with Gasteiger partial charge in [0.1, 0.15) is 46.0 Å². The van der Waals surface area contributed by atoms with Gasteiger partial charge in [-0.2, -0.15) is 16.8 Å². The first-order valence-electron chi connectivity index (χ1n) is 29.3. The number of hydrogen-bond acceptors (Lipinski definition) is 12. The van der Waals surface area contributed by atoms with Gasteiger partial charge in [-0.1, -0.05) is 128 Å². The van der Waals surface area contributed by atoms with Gasteiger partial charge in [0.15, 0.2) is 0 Å². The van der Waals surface area contributed by atoms with Gasteiger partial charge in [0, 0.05) is 43.1 Å². The van der Waals surface area contributed by atoms with Crippen LogP contribution in [0.2, 0.25) is 0 Å². The molecule has 0 bridgehead atoms. The molecular weight excluding hydrogens is 1180 g/mol. The highest BCUT2D eigenvalue weighted by Gasteiger charge is 2.44. The van der Waals surface area contributed by atoms with E-state index in [1.165, 1.54) is 46.2 Å². The lowest BCUT2D eigenvalue weighted by molar-refractivity contribution is 0.0877. The maximum atomic E-state index is 16.2. The predicted molar refractivity (Wildman–Crippen MR) is 345 cm³/mol. The van der Waals surface area contributed by atoms with Crippen LogP contribution in [0.25, 0.3) is 43.1 Å². The quantitative estimate of drug-likeness (QED) is 0.0398. The lowest BCUT2D eigenvalue weighted by Crippen LogP contribution is -2.42. The third kappa shape index (κ3) is 9.74. The standard InChI is InChI=1S/C72H58N2O14S2/c1-37(2)47-21-15-22-48(38(3)4)67(47)73-69(75)51-33-55(85-41-17-11-9-12-18-41)61-63-57(87-43-25-29-45(30-26-43)89(79,80)81)35-53-60-54(72(78)74(71(53)77)68-49(39(5)6)23-16-24-50(68)40(7)8)36-58(88-44-27-31-46(32-28-44)90(82,83)84)64(66(60)63)62-56(86-42-19-13-10-14-20-42)34-52(70(73)76)59(51)65(61)62/h9-40H,1-8H3,(H,79,80,81)(H,82,83,84). The van der Waals surface area contributed by atoms with Crippen LogP contribution in [0.1, 0.15) is 143 Å². The minimum absolute atomic E-state index is 0.0117. The van der Waals surface area contributed by atoms with E-state index in [9.17, 15) is 25.9 Å². The first kappa shape index (κ1) is 59.0. The van der Waals surface area contributed by atoms with Crippen LogP contribution in [0.15, 0.2) is 180 Å². The summed E-state index contributed by atoms with van der Waals surface area (Å²) >= 11 is 0. The van der Waals surface area contributed by atoms with Crippen LogP contribution < -0.4 is 28.7 Å². The van der Waals surface area contributed by atoms with Crippen molar-refractivity contribution in [1.82, 2.24) is 0 Å². The van der Waals surface area contributed by atoms with Gasteiger partial charge in [0.25, 0.3) is 43.9 Å². The second-order valence-corrected chi connectivity index (χ2v) is 26.5. The molecule has 13 rings (SSSR count). The third-order valence-electron chi connectivity index (χ3n) is 16.7. The monoisotopic (exact) mass is 1240 g/mol. The molecule has 16 nitrogen and oxygen atoms in total. The molecule has 18 heteroatoms. The lowest BCUT2D eigenvalue weighted by Gasteiger charge is -2.35. The minimum Gasteiger partial charge on any atom is -0.457 e. The van der Waals surface area contributed by atoms with Crippen LogP contribution >= 0.6 is 0 Å². The van der Waals surface area contributed by atoms with Gasteiger partial charge >= 0.3 is 0 Å². The molecule has 0 radical (unpaired) electrons. The molecule has 2 aliphatic heterocycles. The Kier molecular flexibility index (Phi) is 14.4. The van der Waals surface area contributed by atoms with Gasteiger partial charge in [-0.05, 0) is 143 Å². The molecule has 452 valence electrons. The Morgan fingerprint density at radius 3 is 0.789 bits per heavy atom. The van der Waals surface area contributed by atoms with Gasteiger partial charge in [-0.3, -0.25) is 28.3 Å². The number of anilines is 2. The van der Waals surface area contributed by atoms with E-state index in [1.807, 2.05) is 91.8 Å². The molecule has 90 heavy (non-hydrogen) atoms. The Labute approximate surface area is 518 Å². The molecule has 0 unspecified atom stereocenters. The summed E-state index contributed by atoms with van der Waals surface area (Å²) in [6.45, 7) is 15.8. The zero-order valence-electron chi connectivity index (χ0n) is 50.0. The van der Waals surface area contributed by atoms with E-state index >= 15 is 19.2 Å². The van der Waals surface area contributed by atoms with Crippen molar-refractivity contribution in [2.24, 2.45) is 0 Å². The molecule has 2 N–H and O–H groups in total. The van der Waals surface area contributed by atoms with Gasteiger partial charge < -0.3 is 18.9 Å². The average molecular weight is 1240 g/mol. The normalized spacial score (nSPS) is 13.6. The molecule has 0 saturated carbocycles. The van der Waals surface area contributed by atoms with E-state index in [4.69, 9.17) is 18.9 Å². The SMILES string of the molecule is CC(C)c1cccc(C(C)C)c1N1C(=O)c2cc(Oc3ccccc3)c3c4c(Oc5ccc(S(=O)(=O)O)cc5)cc5c6c(cc(Oc7ccc(S(=O)(=O)O)cc7)c(c7c(Oc8ccccc8)cc(c2c37)C1=O)c64)C(=O)N(c1c(C(C)C)cccc1C(C)C)C5=O. The molecule has 0 fully saturated rings. The maximum absolute atomic E-state index is 16.2. The fourth-order valence-electron chi connectivity index (χ4n) is 12.6. The molecule has 0 aromatic heterocycles. The number of rotatable bonds is 16. The Morgan fingerprint density at radius 1 is 0.311 bits per heavy atom. The fraction of sp³-hybridized carbons (Fsp3) is 0.167. The van der Waals surface area contributed by atoms with Crippen LogP contribution in [-0.4, -0.2) is 49.6 Å². The number of fused-ring (bicyclic) bond motifs is 2. The van der Waals surface area contributed by atoms with Crippen molar-refractivity contribution in [2.45, 2.75) is 88.9 Å². The summed E-state index contributed by atoms with van der Waals surface area (Å²) < 4.78 is 98.3. The highest BCUT2D eigenvalue weighted by atomic mass is 32.2. The largest absolute Gasteiger partial charge is 0.457 e. The molecular formula is C72H58N2O14S2. The van der Waals surface area contributed by atoms with Crippen molar-refractivity contribution < 1.29 is 64.1 Å². The van der Waals surface area contributed by atoms with E-state index in [0.717, 1.165) is 35.4 Å². The number of carbonyl (C=O) groups excluding carboxylic acids is 4.